The molecule has 0 saturated carbocycles. The fraction of sp³-hybridized carbons (Fsp3) is 0.333. The quantitative estimate of drug-likeness (QED) is 0.406. The Morgan fingerprint density at radius 3 is 2.49 bits per heavy atom. The van der Waals surface area contributed by atoms with Crippen molar-refractivity contribution in [3.8, 4) is 28.5 Å². The highest BCUT2D eigenvalue weighted by Crippen LogP contribution is 2.33. The number of nitrogens with zero attached hydrogens (tertiary/aromatic N) is 2. The second-order valence-electron chi connectivity index (χ2n) is 8.35. The van der Waals surface area contributed by atoms with E-state index < -0.39 is 22.0 Å². The Balaban J connectivity index is 1.63. The van der Waals surface area contributed by atoms with Gasteiger partial charge in [-0.25, -0.2) is 18.4 Å². The van der Waals surface area contributed by atoms with Gasteiger partial charge in [-0.05, 0) is 50.2 Å². The third-order valence-corrected chi connectivity index (χ3v) is 6.26. The molecule has 0 unspecified atom stereocenters. The van der Waals surface area contributed by atoms with Crippen LogP contribution in [0.2, 0.25) is 0 Å². The molecule has 0 spiro atoms. The molecule has 0 aliphatic carbocycles. The third-order valence-electron chi connectivity index (χ3n) is 5.26. The van der Waals surface area contributed by atoms with Gasteiger partial charge in [-0.15, -0.1) is 0 Å². The number of aliphatic hydroxyl groups is 2. The predicted octanol–water partition coefficient (Wildman–Crippen LogP) is 2.56. The maximum absolute atomic E-state index is 11.7. The van der Waals surface area contributed by atoms with Crippen molar-refractivity contribution < 1.29 is 32.8 Å². The van der Waals surface area contributed by atoms with Crippen molar-refractivity contribution in [2.45, 2.75) is 37.1 Å². The Morgan fingerprint density at radius 2 is 1.86 bits per heavy atom. The molecule has 186 valence electrons. The minimum Gasteiger partial charge on any atom is -0.488 e. The minimum atomic E-state index is -3.42. The molecule has 1 aromatic carbocycles. The van der Waals surface area contributed by atoms with E-state index in [4.69, 9.17) is 14.2 Å². The lowest BCUT2D eigenvalue weighted by Gasteiger charge is -2.15. The van der Waals surface area contributed by atoms with Crippen LogP contribution in [0.15, 0.2) is 58.7 Å². The summed E-state index contributed by atoms with van der Waals surface area (Å²) in [4.78, 5) is 11.6. The van der Waals surface area contributed by atoms with Gasteiger partial charge in [-0.3, -0.25) is 0 Å². The van der Waals surface area contributed by atoms with Crippen LogP contribution in [0.3, 0.4) is 0 Å². The van der Waals surface area contributed by atoms with E-state index in [1.54, 1.807) is 32.0 Å². The maximum atomic E-state index is 11.7. The lowest BCUT2D eigenvalue weighted by Crippen LogP contribution is -2.21. The number of sulfone groups is 1. The highest BCUT2D eigenvalue weighted by Gasteiger charge is 2.25. The SMILES string of the molecule is C[C@@H](CO)Oc1cc(Oc2ccc(S(C)(=O)=O)nc2)cc(-c2ccc(C3=N[C@H]([C@@H](C)O)CO3)[nH]2)c1. The first-order valence-corrected chi connectivity index (χ1v) is 12.9. The van der Waals surface area contributed by atoms with Crippen LogP contribution < -0.4 is 9.47 Å². The van der Waals surface area contributed by atoms with Crippen LogP contribution in [0, 0.1) is 0 Å². The second-order valence-corrected chi connectivity index (χ2v) is 10.3. The summed E-state index contributed by atoms with van der Waals surface area (Å²) in [7, 11) is -3.42. The summed E-state index contributed by atoms with van der Waals surface area (Å²) in [5.41, 5.74) is 2.14. The van der Waals surface area contributed by atoms with Crippen molar-refractivity contribution in [1.82, 2.24) is 9.97 Å². The van der Waals surface area contributed by atoms with Crippen molar-refractivity contribution >= 4 is 15.7 Å². The van der Waals surface area contributed by atoms with E-state index in [1.807, 2.05) is 12.1 Å². The molecule has 1 aliphatic rings. The number of benzene rings is 1. The molecule has 3 heterocycles. The number of H-pyrrole nitrogens is 1. The van der Waals surface area contributed by atoms with Gasteiger partial charge >= 0.3 is 0 Å². The number of hydrogen-bond donors (Lipinski definition) is 3. The molecule has 0 bridgehead atoms. The largest absolute Gasteiger partial charge is 0.488 e. The highest BCUT2D eigenvalue weighted by molar-refractivity contribution is 7.90. The maximum Gasteiger partial charge on any atom is 0.233 e. The predicted molar refractivity (Wildman–Crippen MR) is 129 cm³/mol. The molecule has 0 fully saturated rings. The van der Waals surface area contributed by atoms with E-state index >= 15 is 0 Å². The smallest absolute Gasteiger partial charge is 0.233 e. The fourth-order valence-corrected chi connectivity index (χ4v) is 3.94. The molecule has 0 radical (unpaired) electrons. The Labute approximate surface area is 203 Å². The fourth-order valence-electron chi connectivity index (χ4n) is 3.38. The zero-order valence-electron chi connectivity index (χ0n) is 19.5. The summed E-state index contributed by atoms with van der Waals surface area (Å²) in [6, 6.07) is 11.5. The second kappa shape index (κ2) is 10.1. The van der Waals surface area contributed by atoms with Gasteiger partial charge in [0.2, 0.25) is 5.90 Å². The molecule has 3 aromatic rings. The summed E-state index contributed by atoms with van der Waals surface area (Å²) < 4.78 is 40.7. The highest BCUT2D eigenvalue weighted by atomic mass is 32.2. The van der Waals surface area contributed by atoms with E-state index in [9.17, 15) is 18.6 Å². The minimum absolute atomic E-state index is 0.0480. The zero-order chi connectivity index (χ0) is 25.2. The summed E-state index contributed by atoms with van der Waals surface area (Å²) in [5.74, 6) is 1.67. The Kier molecular flexibility index (Phi) is 7.10. The molecule has 0 amide bonds. The van der Waals surface area contributed by atoms with E-state index in [-0.39, 0.29) is 17.7 Å². The van der Waals surface area contributed by atoms with Crippen molar-refractivity contribution in [1.29, 1.82) is 0 Å². The molecule has 4 rings (SSSR count). The Morgan fingerprint density at radius 1 is 1.11 bits per heavy atom. The average Bonchev–Trinajstić information content (AvgIpc) is 3.49. The van der Waals surface area contributed by atoms with E-state index in [2.05, 4.69) is 15.0 Å². The normalized spacial score (nSPS) is 17.4. The van der Waals surface area contributed by atoms with Crippen LogP contribution in [0.5, 0.6) is 17.2 Å². The number of aliphatic imine (C=N–C) groups is 1. The molecule has 1 aliphatic heterocycles. The van der Waals surface area contributed by atoms with Crippen LogP contribution in [0.1, 0.15) is 19.5 Å². The van der Waals surface area contributed by atoms with Gasteiger partial charge in [-0.1, -0.05) is 0 Å². The van der Waals surface area contributed by atoms with Gasteiger partial charge in [0.15, 0.2) is 14.9 Å². The van der Waals surface area contributed by atoms with E-state index in [0.717, 1.165) is 17.5 Å². The number of rotatable bonds is 9. The number of nitrogens with one attached hydrogen (secondary N) is 1. The summed E-state index contributed by atoms with van der Waals surface area (Å²) in [5, 5.41) is 19.1. The van der Waals surface area contributed by atoms with Gasteiger partial charge in [0.1, 0.15) is 41.7 Å². The van der Waals surface area contributed by atoms with Gasteiger partial charge in [0.25, 0.3) is 0 Å². The van der Waals surface area contributed by atoms with Crippen molar-refractivity contribution in [2.75, 3.05) is 19.5 Å². The molecule has 3 atom stereocenters. The third kappa shape index (κ3) is 5.99. The number of aliphatic hydroxyl groups excluding tert-OH is 2. The summed E-state index contributed by atoms with van der Waals surface area (Å²) >= 11 is 0. The number of hydrogen-bond acceptors (Lipinski definition) is 9. The molecule has 11 heteroatoms. The molecular weight excluding hydrogens is 474 g/mol. The van der Waals surface area contributed by atoms with Crippen molar-refractivity contribution in [3.05, 3.63) is 54.4 Å². The molecule has 10 nitrogen and oxygen atoms in total. The number of aromatic nitrogens is 2. The van der Waals surface area contributed by atoms with Crippen LogP contribution in [0.25, 0.3) is 11.3 Å². The van der Waals surface area contributed by atoms with Gasteiger partial charge < -0.3 is 29.4 Å². The Hall–Kier alpha value is -3.41. The molecule has 3 N–H and O–H groups in total. The topological polar surface area (TPSA) is 143 Å². The lowest BCUT2D eigenvalue weighted by atomic mass is 10.1. The van der Waals surface area contributed by atoms with Crippen molar-refractivity contribution in [3.63, 3.8) is 0 Å². The molecule has 35 heavy (non-hydrogen) atoms. The van der Waals surface area contributed by atoms with Crippen molar-refractivity contribution in [2.24, 2.45) is 4.99 Å². The standard InChI is InChI=1S/C24H27N3O7S/c1-14(12-28)33-18-8-16(20-5-6-21(26-20)24-27-22(13-32-24)15(2)29)9-19(10-18)34-17-4-7-23(25-11-17)35(3,30)31/h4-11,14-15,22,26,28-29H,12-13H2,1-3H3/t14-,15+,22-/m0/s1. The number of pyridine rings is 1. The number of ether oxygens (including phenoxy) is 3. The van der Waals surface area contributed by atoms with Gasteiger partial charge in [0, 0.05) is 23.6 Å². The Bertz CT molecular complexity index is 1320. The first-order valence-electron chi connectivity index (χ1n) is 11.0. The molecular formula is C24H27N3O7S. The molecule has 2 aromatic heterocycles. The van der Waals surface area contributed by atoms with E-state index in [1.165, 1.54) is 18.3 Å². The molecule has 0 saturated heterocycles. The van der Waals surface area contributed by atoms with Crippen LogP contribution in [-0.2, 0) is 14.6 Å². The lowest BCUT2D eigenvalue weighted by molar-refractivity contribution is 0.129. The summed E-state index contributed by atoms with van der Waals surface area (Å²) in [6.45, 7) is 3.56. The monoisotopic (exact) mass is 501 g/mol. The average molecular weight is 502 g/mol. The first-order chi connectivity index (χ1) is 16.6. The summed E-state index contributed by atoms with van der Waals surface area (Å²) in [6.07, 6.45) is 1.38. The van der Waals surface area contributed by atoms with Gasteiger partial charge in [-0.2, -0.15) is 0 Å². The zero-order valence-corrected chi connectivity index (χ0v) is 20.3. The van der Waals surface area contributed by atoms with Gasteiger partial charge in [0.05, 0.1) is 18.9 Å². The van der Waals surface area contributed by atoms with Crippen LogP contribution in [-0.4, -0.2) is 72.2 Å². The van der Waals surface area contributed by atoms with Crippen LogP contribution >= 0.6 is 0 Å². The van der Waals surface area contributed by atoms with Crippen LogP contribution in [0.4, 0.5) is 0 Å². The first kappa shape index (κ1) is 24.7. The van der Waals surface area contributed by atoms with E-state index in [0.29, 0.717) is 35.4 Å². The number of aromatic amines is 1.